The Morgan fingerprint density at radius 3 is 2.67 bits per heavy atom. The van der Waals surface area contributed by atoms with E-state index in [1.165, 1.54) is 18.7 Å². The fourth-order valence-corrected chi connectivity index (χ4v) is 2.36. The maximum absolute atomic E-state index is 11.4. The molecule has 0 saturated heterocycles. The highest BCUT2D eigenvalue weighted by molar-refractivity contribution is 7.99. The first kappa shape index (κ1) is 12.6. The van der Waals surface area contributed by atoms with Crippen LogP contribution in [0.4, 0.5) is 5.69 Å². The first-order chi connectivity index (χ1) is 8.49. The smallest absolute Gasteiger partial charge is 0.195 e. The Morgan fingerprint density at radius 1 is 1.39 bits per heavy atom. The van der Waals surface area contributed by atoms with Crippen molar-refractivity contribution in [3.8, 4) is 0 Å². The van der Waals surface area contributed by atoms with Gasteiger partial charge < -0.3 is 10.3 Å². The quantitative estimate of drug-likeness (QED) is 0.677. The highest BCUT2D eigenvalue weighted by Crippen LogP contribution is 2.28. The monoisotopic (exact) mass is 262 g/mol. The molecular weight excluding hydrogens is 248 g/mol. The molecule has 0 spiro atoms. The summed E-state index contributed by atoms with van der Waals surface area (Å²) in [6.07, 6.45) is 0. The molecule has 0 amide bonds. The zero-order chi connectivity index (χ0) is 13.3. The highest BCUT2D eigenvalue weighted by Gasteiger charge is 2.10. The molecular formula is C12H14N4OS. The summed E-state index contributed by atoms with van der Waals surface area (Å²) in [5.41, 5.74) is 6.80. The fourth-order valence-electron chi connectivity index (χ4n) is 1.49. The van der Waals surface area contributed by atoms with Crippen molar-refractivity contribution in [1.29, 1.82) is 0 Å². The van der Waals surface area contributed by atoms with Crippen LogP contribution in [0.15, 0.2) is 28.3 Å². The Bertz CT molecular complexity index is 606. The van der Waals surface area contributed by atoms with E-state index in [0.717, 1.165) is 15.9 Å². The molecule has 1 heterocycles. The molecule has 6 heteroatoms. The molecule has 2 rings (SSSR count). The van der Waals surface area contributed by atoms with Crippen LogP contribution in [0.25, 0.3) is 0 Å². The van der Waals surface area contributed by atoms with Gasteiger partial charge in [-0.15, -0.1) is 10.2 Å². The fraction of sp³-hybridized carbons (Fsp3) is 0.250. The van der Waals surface area contributed by atoms with Crippen LogP contribution in [0.2, 0.25) is 0 Å². The third kappa shape index (κ3) is 2.38. The molecule has 0 aliphatic heterocycles. The Kier molecular flexibility index (Phi) is 3.38. The molecule has 0 unspecified atom stereocenters. The molecule has 2 N–H and O–H groups in total. The summed E-state index contributed by atoms with van der Waals surface area (Å²) in [4.78, 5) is 12.3. The SMILES string of the molecule is CC(=O)c1cc(Sc2nnc(C)n2C)ccc1N. The Labute approximate surface area is 109 Å². The zero-order valence-corrected chi connectivity index (χ0v) is 11.3. The second kappa shape index (κ2) is 4.81. The van der Waals surface area contributed by atoms with Crippen LogP contribution in [-0.2, 0) is 7.05 Å². The van der Waals surface area contributed by atoms with Gasteiger partial charge >= 0.3 is 0 Å². The third-order valence-electron chi connectivity index (χ3n) is 2.67. The summed E-state index contributed by atoms with van der Waals surface area (Å²) in [6.45, 7) is 3.40. The number of nitrogen functional groups attached to an aromatic ring is 1. The number of hydrogen-bond acceptors (Lipinski definition) is 5. The van der Waals surface area contributed by atoms with Crippen LogP contribution in [-0.4, -0.2) is 20.5 Å². The Morgan fingerprint density at radius 2 is 2.11 bits per heavy atom. The number of Topliss-reactive ketones (excluding diaryl/α,β-unsaturated/α-hetero) is 1. The number of carbonyl (C=O) groups is 1. The van der Waals surface area contributed by atoms with E-state index in [-0.39, 0.29) is 5.78 Å². The van der Waals surface area contributed by atoms with E-state index in [0.29, 0.717) is 11.3 Å². The molecule has 5 nitrogen and oxygen atoms in total. The van der Waals surface area contributed by atoms with E-state index in [9.17, 15) is 4.79 Å². The zero-order valence-electron chi connectivity index (χ0n) is 10.5. The highest BCUT2D eigenvalue weighted by atomic mass is 32.2. The Balaban J connectivity index is 2.33. The van der Waals surface area contributed by atoms with Crippen molar-refractivity contribution in [3.05, 3.63) is 29.6 Å². The van der Waals surface area contributed by atoms with Gasteiger partial charge in [-0.1, -0.05) is 0 Å². The summed E-state index contributed by atoms with van der Waals surface area (Å²) in [5.74, 6) is 0.809. The number of anilines is 1. The van der Waals surface area contributed by atoms with Crippen molar-refractivity contribution in [1.82, 2.24) is 14.8 Å². The number of carbonyl (C=O) groups excluding carboxylic acids is 1. The number of nitrogens with zero attached hydrogens (tertiary/aromatic N) is 3. The van der Waals surface area contributed by atoms with Gasteiger partial charge in [-0.3, -0.25) is 4.79 Å². The molecule has 0 atom stereocenters. The van der Waals surface area contributed by atoms with Gasteiger partial charge in [-0.05, 0) is 43.8 Å². The van der Waals surface area contributed by atoms with Crippen LogP contribution in [0.5, 0.6) is 0 Å². The molecule has 0 saturated carbocycles. The normalized spacial score (nSPS) is 10.6. The van der Waals surface area contributed by atoms with Gasteiger partial charge in [0.05, 0.1) is 0 Å². The maximum atomic E-state index is 11.4. The molecule has 18 heavy (non-hydrogen) atoms. The van der Waals surface area contributed by atoms with Gasteiger partial charge in [-0.2, -0.15) is 0 Å². The minimum Gasteiger partial charge on any atom is -0.398 e. The lowest BCUT2D eigenvalue weighted by Gasteiger charge is -2.05. The van der Waals surface area contributed by atoms with Crippen molar-refractivity contribution >= 4 is 23.2 Å². The first-order valence-corrected chi connectivity index (χ1v) is 6.25. The van der Waals surface area contributed by atoms with E-state index >= 15 is 0 Å². The van der Waals surface area contributed by atoms with E-state index in [1.54, 1.807) is 12.1 Å². The van der Waals surface area contributed by atoms with Crippen molar-refractivity contribution in [2.75, 3.05) is 5.73 Å². The van der Waals surface area contributed by atoms with Crippen LogP contribution in [0.3, 0.4) is 0 Å². The van der Waals surface area contributed by atoms with Gasteiger partial charge in [0, 0.05) is 23.2 Å². The predicted octanol–water partition coefficient (Wildman–Crippen LogP) is 2.06. The summed E-state index contributed by atoms with van der Waals surface area (Å²) >= 11 is 1.46. The lowest BCUT2D eigenvalue weighted by atomic mass is 10.1. The molecule has 0 fully saturated rings. The minimum absolute atomic E-state index is 0.0379. The van der Waals surface area contributed by atoms with Gasteiger partial charge in [0.15, 0.2) is 10.9 Å². The van der Waals surface area contributed by atoms with Gasteiger partial charge in [-0.25, -0.2) is 0 Å². The van der Waals surface area contributed by atoms with Crippen LogP contribution < -0.4 is 5.73 Å². The topological polar surface area (TPSA) is 73.8 Å². The molecule has 2 aromatic rings. The van der Waals surface area contributed by atoms with E-state index < -0.39 is 0 Å². The second-order valence-corrected chi connectivity index (χ2v) is 5.04. The van der Waals surface area contributed by atoms with E-state index in [4.69, 9.17) is 5.73 Å². The number of nitrogens with two attached hydrogens (primary N) is 1. The number of benzene rings is 1. The Hall–Kier alpha value is -1.82. The lowest BCUT2D eigenvalue weighted by Crippen LogP contribution is -1.99. The first-order valence-electron chi connectivity index (χ1n) is 5.43. The van der Waals surface area contributed by atoms with E-state index in [2.05, 4.69) is 10.2 Å². The average Bonchev–Trinajstić information content (AvgIpc) is 2.63. The standard InChI is InChI=1S/C12H14N4OS/c1-7(17)10-6-9(4-5-11(10)13)18-12-15-14-8(2)16(12)3/h4-6H,13H2,1-3H3. The van der Waals surface area contributed by atoms with Gasteiger partial charge in [0.2, 0.25) is 0 Å². The number of ketones is 1. The van der Waals surface area contributed by atoms with Crippen molar-refractivity contribution in [3.63, 3.8) is 0 Å². The van der Waals surface area contributed by atoms with Gasteiger partial charge in [0.1, 0.15) is 5.82 Å². The van der Waals surface area contributed by atoms with Crippen LogP contribution in [0, 0.1) is 6.92 Å². The lowest BCUT2D eigenvalue weighted by molar-refractivity contribution is 0.101. The molecule has 0 aliphatic rings. The predicted molar refractivity (Wildman–Crippen MR) is 70.7 cm³/mol. The number of aromatic nitrogens is 3. The average molecular weight is 262 g/mol. The van der Waals surface area contributed by atoms with Crippen molar-refractivity contribution in [2.24, 2.45) is 7.05 Å². The van der Waals surface area contributed by atoms with Crippen molar-refractivity contribution < 1.29 is 4.79 Å². The third-order valence-corrected chi connectivity index (χ3v) is 3.69. The van der Waals surface area contributed by atoms with Crippen LogP contribution >= 0.6 is 11.8 Å². The summed E-state index contributed by atoms with van der Waals surface area (Å²) in [6, 6.07) is 5.39. The molecule has 1 aromatic carbocycles. The molecule has 0 radical (unpaired) electrons. The molecule has 0 aliphatic carbocycles. The summed E-state index contributed by atoms with van der Waals surface area (Å²) in [7, 11) is 1.90. The minimum atomic E-state index is -0.0379. The van der Waals surface area contributed by atoms with Crippen LogP contribution in [0.1, 0.15) is 23.1 Å². The molecule has 94 valence electrons. The number of aryl methyl sites for hydroxylation is 1. The molecule has 1 aromatic heterocycles. The molecule has 0 bridgehead atoms. The number of rotatable bonds is 3. The number of hydrogen-bond donors (Lipinski definition) is 1. The summed E-state index contributed by atoms with van der Waals surface area (Å²) in [5, 5.41) is 8.84. The largest absolute Gasteiger partial charge is 0.398 e. The summed E-state index contributed by atoms with van der Waals surface area (Å²) < 4.78 is 1.90. The van der Waals surface area contributed by atoms with Gasteiger partial charge in [0.25, 0.3) is 0 Å². The second-order valence-electron chi connectivity index (χ2n) is 4.00. The van der Waals surface area contributed by atoms with Crippen molar-refractivity contribution in [2.45, 2.75) is 23.9 Å². The maximum Gasteiger partial charge on any atom is 0.195 e. The van der Waals surface area contributed by atoms with E-state index in [1.807, 2.05) is 24.6 Å².